The number of hydrogen-bond acceptors (Lipinski definition) is 3. The first-order chi connectivity index (χ1) is 11.7. The van der Waals surface area contributed by atoms with E-state index in [1.54, 1.807) is 40.8 Å². The Morgan fingerprint density at radius 1 is 1.17 bits per heavy atom. The van der Waals surface area contributed by atoms with Gasteiger partial charge in [-0.05, 0) is 47.7 Å². The summed E-state index contributed by atoms with van der Waals surface area (Å²) in [5.41, 5.74) is 1.47. The number of pyridine rings is 1. The van der Waals surface area contributed by atoms with Crippen molar-refractivity contribution in [1.29, 1.82) is 0 Å². The van der Waals surface area contributed by atoms with E-state index in [-0.39, 0.29) is 11.7 Å². The molecule has 0 aliphatic rings. The maximum atomic E-state index is 13.6. The lowest BCUT2D eigenvalue weighted by atomic mass is 10.2. The number of aromatic nitrogens is 1. The molecule has 2 aromatic heterocycles. The van der Waals surface area contributed by atoms with E-state index in [9.17, 15) is 9.18 Å². The van der Waals surface area contributed by atoms with Gasteiger partial charge < -0.3 is 4.90 Å². The SMILES string of the molecule is O=C(CCc1cccs1)N(Cc1cccnc1)c1cccc(F)c1. The van der Waals surface area contributed by atoms with Crippen LogP contribution in [0.4, 0.5) is 10.1 Å². The van der Waals surface area contributed by atoms with E-state index in [4.69, 9.17) is 0 Å². The zero-order valence-electron chi connectivity index (χ0n) is 13.1. The van der Waals surface area contributed by atoms with Gasteiger partial charge in [-0.3, -0.25) is 9.78 Å². The Bertz CT molecular complexity index is 790. The Morgan fingerprint density at radius 2 is 2.08 bits per heavy atom. The van der Waals surface area contributed by atoms with Crippen LogP contribution in [-0.2, 0) is 17.8 Å². The maximum Gasteiger partial charge on any atom is 0.227 e. The predicted molar refractivity (Wildman–Crippen MR) is 94.5 cm³/mol. The maximum absolute atomic E-state index is 13.6. The van der Waals surface area contributed by atoms with E-state index in [2.05, 4.69) is 4.98 Å². The van der Waals surface area contributed by atoms with E-state index in [1.165, 1.54) is 17.0 Å². The third-order valence-electron chi connectivity index (χ3n) is 3.65. The molecule has 0 spiro atoms. The van der Waals surface area contributed by atoms with E-state index >= 15 is 0 Å². The number of aryl methyl sites for hydroxylation is 1. The van der Waals surface area contributed by atoms with Gasteiger partial charge in [-0.25, -0.2) is 4.39 Å². The van der Waals surface area contributed by atoms with Crippen molar-refractivity contribution in [2.45, 2.75) is 19.4 Å². The summed E-state index contributed by atoms with van der Waals surface area (Å²) in [6.45, 7) is 0.376. The monoisotopic (exact) mass is 340 g/mol. The summed E-state index contributed by atoms with van der Waals surface area (Å²) in [6, 6.07) is 13.9. The molecule has 0 atom stereocenters. The highest BCUT2D eigenvalue weighted by molar-refractivity contribution is 7.09. The second-order valence-electron chi connectivity index (χ2n) is 5.40. The number of benzene rings is 1. The second-order valence-corrected chi connectivity index (χ2v) is 6.43. The van der Waals surface area contributed by atoms with Gasteiger partial charge in [-0.1, -0.05) is 18.2 Å². The van der Waals surface area contributed by atoms with E-state index < -0.39 is 0 Å². The number of thiophene rings is 1. The van der Waals surface area contributed by atoms with Crippen LogP contribution in [0.2, 0.25) is 0 Å². The molecule has 0 aliphatic heterocycles. The van der Waals surface area contributed by atoms with Gasteiger partial charge in [0, 0.05) is 29.4 Å². The molecular weight excluding hydrogens is 323 g/mol. The Morgan fingerprint density at radius 3 is 2.79 bits per heavy atom. The molecule has 1 aromatic carbocycles. The lowest BCUT2D eigenvalue weighted by molar-refractivity contribution is -0.118. The molecule has 0 bridgehead atoms. The number of carbonyl (C=O) groups is 1. The van der Waals surface area contributed by atoms with Crippen LogP contribution < -0.4 is 4.90 Å². The second kappa shape index (κ2) is 7.84. The van der Waals surface area contributed by atoms with Gasteiger partial charge >= 0.3 is 0 Å². The fourth-order valence-electron chi connectivity index (χ4n) is 2.46. The lowest BCUT2D eigenvalue weighted by Crippen LogP contribution is -2.30. The number of amides is 1. The highest BCUT2D eigenvalue weighted by Crippen LogP contribution is 2.21. The standard InChI is InChI=1S/C19H17FN2OS/c20-16-5-1-6-17(12-16)22(14-15-4-2-10-21-13-15)19(23)9-8-18-7-3-11-24-18/h1-7,10-13H,8-9,14H2. The quantitative estimate of drug-likeness (QED) is 0.664. The number of halogens is 1. The first kappa shape index (κ1) is 16.3. The number of hydrogen-bond donors (Lipinski definition) is 0. The van der Waals surface area contributed by atoms with Crippen molar-refractivity contribution in [3.63, 3.8) is 0 Å². The van der Waals surface area contributed by atoms with Gasteiger partial charge in [0.2, 0.25) is 5.91 Å². The summed E-state index contributed by atoms with van der Waals surface area (Å²) in [6.07, 6.45) is 4.49. The minimum atomic E-state index is -0.352. The molecule has 0 fully saturated rings. The van der Waals surface area contributed by atoms with E-state index in [0.717, 1.165) is 5.56 Å². The van der Waals surface area contributed by atoms with Gasteiger partial charge in [-0.15, -0.1) is 11.3 Å². The number of anilines is 1. The van der Waals surface area contributed by atoms with Crippen LogP contribution in [0, 0.1) is 5.82 Å². The first-order valence-corrected chi connectivity index (χ1v) is 8.57. The first-order valence-electron chi connectivity index (χ1n) is 7.69. The number of carbonyl (C=O) groups excluding carboxylic acids is 1. The molecule has 1 amide bonds. The Hall–Kier alpha value is -2.53. The molecule has 122 valence electrons. The highest BCUT2D eigenvalue weighted by Gasteiger charge is 2.17. The minimum absolute atomic E-state index is 0.0298. The zero-order valence-corrected chi connectivity index (χ0v) is 13.9. The van der Waals surface area contributed by atoms with Crippen molar-refractivity contribution >= 4 is 22.9 Å². The Balaban J connectivity index is 1.79. The lowest BCUT2D eigenvalue weighted by Gasteiger charge is -2.23. The van der Waals surface area contributed by atoms with Crippen molar-refractivity contribution in [2.75, 3.05) is 4.90 Å². The fourth-order valence-corrected chi connectivity index (χ4v) is 3.17. The molecule has 3 rings (SSSR count). The molecule has 0 N–H and O–H groups in total. The van der Waals surface area contributed by atoms with Gasteiger partial charge in [0.05, 0.1) is 6.54 Å². The van der Waals surface area contributed by atoms with Crippen LogP contribution in [0.3, 0.4) is 0 Å². The molecule has 24 heavy (non-hydrogen) atoms. The molecule has 0 saturated heterocycles. The summed E-state index contributed by atoms with van der Waals surface area (Å²) in [4.78, 5) is 19.6. The number of nitrogens with zero attached hydrogens (tertiary/aromatic N) is 2. The largest absolute Gasteiger partial charge is 0.308 e. The normalized spacial score (nSPS) is 10.5. The van der Waals surface area contributed by atoms with Gasteiger partial charge in [-0.2, -0.15) is 0 Å². The highest BCUT2D eigenvalue weighted by atomic mass is 32.1. The van der Waals surface area contributed by atoms with Crippen LogP contribution in [0.25, 0.3) is 0 Å². The molecule has 0 unspecified atom stereocenters. The molecule has 0 radical (unpaired) electrons. The molecule has 3 aromatic rings. The molecule has 5 heteroatoms. The minimum Gasteiger partial charge on any atom is -0.308 e. The molecule has 2 heterocycles. The van der Waals surface area contributed by atoms with Crippen LogP contribution in [0.1, 0.15) is 16.9 Å². The summed E-state index contributed by atoms with van der Waals surface area (Å²) >= 11 is 1.64. The van der Waals surface area contributed by atoms with E-state index in [0.29, 0.717) is 25.1 Å². The number of rotatable bonds is 6. The summed E-state index contributed by atoms with van der Waals surface area (Å²) in [5.74, 6) is -0.382. The van der Waals surface area contributed by atoms with Crippen molar-refractivity contribution in [1.82, 2.24) is 4.98 Å². The molecule has 0 aliphatic carbocycles. The molecule has 0 saturated carbocycles. The van der Waals surface area contributed by atoms with Crippen molar-refractivity contribution < 1.29 is 9.18 Å². The van der Waals surface area contributed by atoms with Crippen molar-refractivity contribution in [2.24, 2.45) is 0 Å². The predicted octanol–water partition coefficient (Wildman–Crippen LogP) is 4.45. The van der Waals surface area contributed by atoms with Crippen LogP contribution in [-0.4, -0.2) is 10.9 Å². The van der Waals surface area contributed by atoms with Crippen molar-refractivity contribution in [3.8, 4) is 0 Å². The van der Waals surface area contributed by atoms with Crippen LogP contribution >= 0.6 is 11.3 Å². The van der Waals surface area contributed by atoms with Gasteiger partial charge in [0.25, 0.3) is 0 Å². The Labute approximate surface area is 144 Å². The third-order valence-corrected chi connectivity index (χ3v) is 4.59. The zero-order chi connectivity index (χ0) is 16.8. The van der Waals surface area contributed by atoms with Crippen LogP contribution in [0.5, 0.6) is 0 Å². The average Bonchev–Trinajstić information content (AvgIpc) is 3.12. The summed E-state index contributed by atoms with van der Waals surface area (Å²) < 4.78 is 13.6. The Kier molecular flexibility index (Phi) is 5.33. The van der Waals surface area contributed by atoms with E-state index in [1.807, 2.05) is 29.6 Å². The smallest absolute Gasteiger partial charge is 0.227 e. The van der Waals surface area contributed by atoms with Gasteiger partial charge in [0.1, 0.15) is 5.82 Å². The summed E-state index contributed by atoms with van der Waals surface area (Å²) in [7, 11) is 0. The fraction of sp³-hybridized carbons (Fsp3) is 0.158. The third kappa shape index (κ3) is 4.26. The van der Waals surface area contributed by atoms with Crippen molar-refractivity contribution in [3.05, 3.63) is 82.6 Å². The van der Waals surface area contributed by atoms with Crippen LogP contribution in [0.15, 0.2) is 66.3 Å². The van der Waals surface area contributed by atoms with Gasteiger partial charge in [0.15, 0.2) is 0 Å². The summed E-state index contributed by atoms with van der Waals surface area (Å²) in [5, 5.41) is 2.00. The molecular formula is C19H17FN2OS. The topological polar surface area (TPSA) is 33.2 Å². The average molecular weight is 340 g/mol. The molecule has 3 nitrogen and oxygen atoms in total.